The number of Topliss-reactive ketones (excluding diaryl/α,β-unsaturated/α-hetero) is 1. The number of aromatic nitrogens is 3. The van der Waals surface area contributed by atoms with Gasteiger partial charge in [-0.05, 0) is 47.4 Å². The van der Waals surface area contributed by atoms with Crippen LogP contribution in [0, 0.1) is 5.82 Å². The summed E-state index contributed by atoms with van der Waals surface area (Å²) in [6, 6.07) is 17.1. The van der Waals surface area contributed by atoms with E-state index in [9.17, 15) is 18.8 Å². The third-order valence-corrected chi connectivity index (χ3v) is 6.61. The van der Waals surface area contributed by atoms with Crippen LogP contribution < -0.4 is 0 Å². The van der Waals surface area contributed by atoms with Gasteiger partial charge in [0.15, 0.2) is 17.3 Å². The molecule has 0 bridgehead atoms. The Labute approximate surface area is 215 Å². The van der Waals surface area contributed by atoms with E-state index < -0.39 is 23.7 Å². The number of nitrogens with zero attached hydrogens (tertiary/aromatic N) is 4. The zero-order chi connectivity index (χ0) is 26.1. The molecular formula is C27H20ClFN4O4. The number of aromatic carboxylic acids is 1. The highest BCUT2D eigenvalue weighted by molar-refractivity contribution is 6.30. The first-order valence-corrected chi connectivity index (χ1v) is 11.8. The Morgan fingerprint density at radius 2 is 1.78 bits per heavy atom. The molecule has 186 valence electrons. The normalized spacial score (nSPS) is 14.8. The summed E-state index contributed by atoms with van der Waals surface area (Å²) in [5, 5.41) is 16.9. The molecule has 2 heterocycles. The molecule has 8 nitrogen and oxygen atoms in total. The van der Waals surface area contributed by atoms with Gasteiger partial charge in [0.25, 0.3) is 5.91 Å². The number of hydrogen-bond donors (Lipinski definition) is 1. The lowest BCUT2D eigenvalue weighted by atomic mass is 9.88. The molecule has 0 aliphatic carbocycles. The summed E-state index contributed by atoms with van der Waals surface area (Å²) in [6.07, 6.45) is 1.86. The van der Waals surface area contributed by atoms with Crippen molar-refractivity contribution in [2.75, 3.05) is 6.54 Å². The van der Waals surface area contributed by atoms with Gasteiger partial charge in [-0.15, -0.1) is 5.10 Å². The molecule has 37 heavy (non-hydrogen) atoms. The minimum Gasteiger partial charge on any atom is -0.478 e. The van der Waals surface area contributed by atoms with Gasteiger partial charge in [-0.25, -0.2) is 13.9 Å². The lowest BCUT2D eigenvalue weighted by Crippen LogP contribution is -2.44. The van der Waals surface area contributed by atoms with Crippen molar-refractivity contribution in [1.29, 1.82) is 0 Å². The number of carboxylic acid groups (broad SMARTS) is 1. The van der Waals surface area contributed by atoms with Crippen molar-refractivity contribution in [3.8, 4) is 5.69 Å². The van der Waals surface area contributed by atoms with E-state index in [2.05, 4.69) is 10.3 Å². The fourth-order valence-electron chi connectivity index (χ4n) is 4.49. The molecule has 1 aromatic heterocycles. The van der Waals surface area contributed by atoms with Gasteiger partial charge in [-0.3, -0.25) is 9.59 Å². The zero-order valence-electron chi connectivity index (χ0n) is 19.3. The second-order valence-corrected chi connectivity index (χ2v) is 9.02. The Balaban J connectivity index is 1.45. The van der Waals surface area contributed by atoms with Crippen LogP contribution in [-0.4, -0.2) is 49.2 Å². The summed E-state index contributed by atoms with van der Waals surface area (Å²) in [7, 11) is 0. The first-order chi connectivity index (χ1) is 17.8. The van der Waals surface area contributed by atoms with Crippen LogP contribution in [0.15, 0.2) is 72.9 Å². The molecule has 4 aromatic rings. The Morgan fingerprint density at radius 3 is 2.54 bits per heavy atom. The highest BCUT2D eigenvalue weighted by atomic mass is 35.5. The van der Waals surface area contributed by atoms with E-state index >= 15 is 0 Å². The molecule has 1 atom stereocenters. The molecule has 0 saturated carbocycles. The Morgan fingerprint density at radius 1 is 1.03 bits per heavy atom. The predicted molar refractivity (Wildman–Crippen MR) is 132 cm³/mol. The van der Waals surface area contributed by atoms with Gasteiger partial charge < -0.3 is 10.0 Å². The Bertz CT molecular complexity index is 1520. The van der Waals surface area contributed by atoms with Crippen LogP contribution in [-0.2, 0) is 17.6 Å². The van der Waals surface area contributed by atoms with E-state index in [0.717, 1.165) is 15.8 Å². The number of rotatable bonds is 6. The number of ketones is 1. The number of halogens is 2. The third kappa shape index (κ3) is 4.73. The van der Waals surface area contributed by atoms with E-state index in [-0.39, 0.29) is 40.7 Å². The van der Waals surface area contributed by atoms with Crippen LogP contribution in [0.4, 0.5) is 4.39 Å². The monoisotopic (exact) mass is 518 g/mol. The maximum Gasteiger partial charge on any atom is 0.335 e. The SMILES string of the molecule is O=C(O)c1ccc(CC(=O)[C@H]2c3ccccc3CCN2C(=O)c2cn(-c3cccc(Cl)c3F)nn2)cc1. The largest absolute Gasteiger partial charge is 0.478 e. The summed E-state index contributed by atoms with van der Waals surface area (Å²) in [5.41, 5.74) is 2.45. The van der Waals surface area contributed by atoms with Crippen LogP contribution >= 0.6 is 11.6 Å². The van der Waals surface area contributed by atoms with Crippen molar-refractivity contribution >= 4 is 29.3 Å². The molecule has 0 saturated heterocycles. The molecule has 3 aromatic carbocycles. The van der Waals surface area contributed by atoms with Gasteiger partial charge in [-0.2, -0.15) is 0 Å². The van der Waals surface area contributed by atoms with E-state index in [0.29, 0.717) is 12.0 Å². The van der Waals surface area contributed by atoms with Crippen molar-refractivity contribution in [3.05, 3.63) is 112 Å². The molecular weight excluding hydrogens is 499 g/mol. The molecule has 0 spiro atoms. The molecule has 1 aliphatic rings. The molecule has 0 radical (unpaired) electrons. The van der Waals surface area contributed by atoms with Crippen molar-refractivity contribution in [3.63, 3.8) is 0 Å². The van der Waals surface area contributed by atoms with Crippen LogP contribution in [0.2, 0.25) is 5.02 Å². The van der Waals surface area contributed by atoms with E-state index in [1.807, 2.05) is 24.3 Å². The summed E-state index contributed by atoms with van der Waals surface area (Å²) in [6.45, 7) is 0.280. The predicted octanol–water partition coefficient (Wildman–Crippen LogP) is 4.31. The van der Waals surface area contributed by atoms with Crippen molar-refractivity contribution in [1.82, 2.24) is 19.9 Å². The molecule has 1 amide bonds. The molecule has 1 N–H and O–H groups in total. The topological polar surface area (TPSA) is 105 Å². The summed E-state index contributed by atoms with van der Waals surface area (Å²) in [4.78, 5) is 39.8. The van der Waals surface area contributed by atoms with Gasteiger partial charge in [0.2, 0.25) is 0 Å². The average molecular weight is 519 g/mol. The Hall–Kier alpha value is -4.37. The quantitative estimate of drug-likeness (QED) is 0.408. The van der Waals surface area contributed by atoms with Crippen LogP contribution in [0.5, 0.6) is 0 Å². The van der Waals surface area contributed by atoms with E-state index in [4.69, 9.17) is 16.7 Å². The summed E-state index contributed by atoms with van der Waals surface area (Å²) < 4.78 is 15.6. The molecule has 1 aliphatic heterocycles. The van der Waals surface area contributed by atoms with Crippen LogP contribution in [0.1, 0.15) is 43.6 Å². The third-order valence-electron chi connectivity index (χ3n) is 6.32. The van der Waals surface area contributed by atoms with Gasteiger partial charge in [-0.1, -0.05) is 59.3 Å². The van der Waals surface area contributed by atoms with Crippen LogP contribution in [0.3, 0.4) is 0 Å². The second kappa shape index (κ2) is 9.94. The highest BCUT2D eigenvalue weighted by Gasteiger charge is 2.37. The maximum atomic E-state index is 14.5. The number of carboxylic acids is 1. The number of benzene rings is 3. The fraction of sp³-hybridized carbons (Fsp3) is 0.148. The minimum atomic E-state index is -1.05. The fourth-order valence-corrected chi connectivity index (χ4v) is 4.66. The molecule has 0 fully saturated rings. The van der Waals surface area contributed by atoms with Gasteiger partial charge >= 0.3 is 5.97 Å². The molecule has 5 rings (SSSR count). The van der Waals surface area contributed by atoms with Gasteiger partial charge in [0.05, 0.1) is 16.8 Å². The number of hydrogen-bond acceptors (Lipinski definition) is 5. The lowest BCUT2D eigenvalue weighted by Gasteiger charge is -2.36. The van der Waals surface area contributed by atoms with Crippen LogP contribution in [0.25, 0.3) is 5.69 Å². The van der Waals surface area contributed by atoms with Crippen molar-refractivity contribution in [2.24, 2.45) is 0 Å². The second-order valence-electron chi connectivity index (χ2n) is 8.62. The summed E-state index contributed by atoms with van der Waals surface area (Å²) in [5.74, 6) is -2.48. The van der Waals surface area contributed by atoms with E-state index in [1.165, 1.54) is 35.4 Å². The lowest BCUT2D eigenvalue weighted by molar-refractivity contribution is -0.123. The number of fused-ring (bicyclic) bond motifs is 1. The number of amides is 1. The highest BCUT2D eigenvalue weighted by Crippen LogP contribution is 2.32. The smallest absolute Gasteiger partial charge is 0.335 e. The molecule has 0 unspecified atom stereocenters. The van der Waals surface area contributed by atoms with Gasteiger partial charge in [0.1, 0.15) is 11.7 Å². The minimum absolute atomic E-state index is 0.00307. The van der Waals surface area contributed by atoms with Gasteiger partial charge in [0, 0.05) is 13.0 Å². The summed E-state index contributed by atoms with van der Waals surface area (Å²) >= 11 is 5.87. The van der Waals surface area contributed by atoms with E-state index in [1.54, 1.807) is 18.2 Å². The number of carbonyl (C=O) groups excluding carboxylic acids is 2. The molecule has 10 heteroatoms. The maximum absolute atomic E-state index is 14.5. The first kappa shape index (κ1) is 24.3. The van der Waals surface area contributed by atoms with Crippen molar-refractivity contribution < 1.29 is 23.9 Å². The number of carbonyl (C=O) groups is 3. The zero-order valence-corrected chi connectivity index (χ0v) is 20.1. The first-order valence-electron chi connectivity index (χ1n) is 11.4. The average Bonchev–Trinajstić information content (AvgIpc) is 3.39. The standard InChI is InChI=1S/C27H20ClFN4O4/c28-20-6-3-7-22(24(20)29)33-15-21(30-31-33)26(35)32-13-12-17-4-1-2-5-19(17)25(32)23(34)14-16-8-10-18(11-9-16)27(36)37/h1-11,15,25H,12-14H2,(H,36,37)/t25-/m1/s1. The Kier molecular flexibility index (Phi) is 6.54. The van der Waals surface area contributed by atoms with Crippen molar-refractivity contribution in [2.45, 2.75) is 18.9 Å².